The number of aryl methyl sites for hydroxylation is 2. The van der Waals surface area contributed by atoms with Crippen LogP contribution in [0.25, 0.3) is 0 Å². The predicted molar refractivity (Wildman–Crippen MR) is 92.0 cm³/mol. The van der Waals surface area contributed by atoms with Crippen LogP contribution in [0.5, 0.6) is 0 Å². The minimum atomic E-state index is -4.65. The molecule has 2 heterocycles. The number of hydrogen-bond acceptors (Lipinski definition) is 5. The predicted octanol–water partition coefficient (Wildman–Crippen LogP) is 0.753. The minimum absolute atomic E-state index is 0.0199. The summed E-state index contributed by atoms with van der Waals surface area (Å²) in [6.07, 6.45) is -2.14. The standard InChI is InChI=1S/C16H19F3N6O4/c1-2-25-11(7-12(23-25)16(17,18)19)15(29)21-5-4-20-14(28)10-8-22-24(9-10)6-3-13(26)27/h7-9H,2-6H2,1H3,(H,20,28)(H,21,29)(H,26,27). The normalized spacial score (nSPS) is 11.3. The van der Waals surface area contributed by atoms with Gasteiger partial charge in [-0.2, -0.15) is 23.4 Å². The number of nitrogens with one attached hydrogen (secondary N) is 2. The number of alkyl halides is 3. The number of amides is 2. The molecule has 2 aromatic heterocycles. The summed E-state index contributed by atoms with van der Waals surface area (Å²) in [7, 11) is 0. The number of carboxylic acid groups (broad SMARTS) is 1. The summed E-state index contributed by atoms with van der Waals surface area (Å²) < 4.78 is 40.5. The summed E-state index contributed by atoms with van der Waals surface area (Å²) >= 11 is 0. The largest absolute Gasteiger partial charge is 0.481 e. The highest BCUT2D eigenvalue weighted by atomic mass is 19.4. The molecule has 29 heavy (non-hydrogen) atoms. The first-order valence-electron chi connectivity index (χ1n) is 8.57. The third-order valence-electron chi connectivity index (χ3n) is 3.75. The zero-order chi connectivity index (χ0) is 21.6. The summed E-state index contributed by atoms with van der Waals surface area (Å²) in [5.74, 6) is -2.22. The van der Waals surface area contributed by atoms with Gasteiger partial charge in [-0.05, 0) is 6.92 Å². The minimum Gasteiger partial charge on any atom is -0.481 e. The first kappa shape index (κ1) is 21.9. The van der Waals surface area contributed by atoms with E-state index >= 15 is 0 Å². The maximum absolute atomic E-state index is 12.7. The van der Waals surface area contributed by atoms with Gasteiger partial charge in [0, 0.05) is 31.9 Å². The van der Waals surface area contributed by atoms with Crippen molar-refractivity contribution in [3.63, 3.8) is 0 Å². The van der Waals surface area contributed by atoms with Crippen LogP contribution in [-0.4, -0.2) is 55.5 Å². The summed E-state index contributed by atoms with van der Waals surface area (Å²) in [5, 5.41) is 20.8. The van der Waals surface area contributed by atoms with Gasteiger partial charge in [-0.25, -0.2) is 0 Å². The molecule has 0 atom stereocenters. The van der Waals surface area contributed by atoms with Crippen molar-refractivity contribution in [3.8, 4) is 0 Å². The Labute approximate surface area is 162 Å². The van der Waals surface area contributed by atoms with E-state index in [0.717, 1.165) is 4.68 Å². The quantitative estimate of drug-likeness (QED) is 0.517. The SMILES string of the molecule is CCn1nc(C(F)(F)F)cc1C(=O)NCCNC(=O)c1cnn(CCC(=O)O)c1. The van der Waals surface area contributed by atoms with Gasteiger partial charge >= 0.3 is 12.1 Å². The summed E-state index contributed by atoms with van der Waals surface area (Å²) in [6, 6.07) is 0.670. The van der Waals surface area contributed by atoms with E-state index in [4.69, 9.17) is 5.11 Å². The Hall–Kier alpha value is -3.38. The zero-order valence-corrected chi connectivity index (χ0v) is 15.4. The van der Waals surface area contributed by atoms with E-state index in [2.05, 4.69) is 20.8 Å². The van der Waals surface area contributed by atoms with Gasteiger partial charge in [0.1, 0.15) is 5.69 Å². The Morgan fingerprint density at radius 3 is 2.41 bits per heavy atom. The van der Waals surface area contributed by atoms with Crippen LogP contribution in [0.4, 0.5) is 13.2 Å². The van der Waals surface area contributed by atoms with Crippen LogP contribution in [0.2, 0.25) is 0 Å². The lowest BCUT2D eigenvalue weighted by atomic mass is 10.3. The van der Waals surface area contributed by atoms with Gasteiger partial charge in [0.15, 0.2) is 5.69 Å². The highest BCUT2D eigenvalue weighted by molar-refractivity contribution is 5.94. The lowest BCUT2D eigenvalue weighted by Crippen LogP contribution is -2.35. The van der Waals surface area contributed by atoms with Crippen molar-refractivity contribution in [2.75, 3.05) is 13.1 Å². The molecule has 13 heteroatoms. The van der Waals surface area contributed by atoms with Crippen molar-refractivity contribution >= 4 is 17.8 Å². The number of aromatic nitrogens is 4. The third kappa shape index (κ3) is 6.05. The molecular weight excluding hydrogens is 397 g/mol. The van der Waals surface area contributed by atoms with Crippen molar-refractivity contribution in [3.05, 3.63) is 35.4 Å². The van der Waals surface area contributed by atoms with Crippen LogP contribution in [-0.2, 0) is 24.1 Å². The van der Waals surface area contributed by atoms with Gasteiger partial charge in [-0.1, -0.05) is 0 Å². The van der Waals surface area contributed by atoms with Gasteiger partial charge in [-0.15, -0.1) is 0 Å². The highest BCUT2D eigenvalue weighted by Crippen LogP contribution is 2.28. The number of carbonyl (C=O) groups excluding carboxylic acids is 2. The first-order valence-corrected chi connectivity index (χ1v) is 8.57. The Morgan fingerprint density at radius 2 is 1.83 bits per heavy atom. The average Bonchev–Trinajstić information content (AvgIpc) is 3.29. The fraction of sp³-hybridized carbons (Fsp3) is 0.438. The Kier molecular flexibility index (Phi) is 6.96. The molecule has 0 fully saturated rings. The maximum Gasteiger partial charge on any atom is 0.435 e. The van der Waals surface area contributed by atoms with E-state index in [-0.39, 0.29) is 43.9 Å². The van der Waals surface area contributed by atoms with Gasteiger partial charge in [-0.3, -0.25) is 23.7 Å². The molecule has 0 saturated heterocycles. The van der Waals surface area contributed by atoms with Gasteiger partial charge in [0.25, 0.3) is 11.8 Å². The molecular formula is C16H19F3N6O4. The van der Waals surface area contributed by atoms with Crippen LogP contribution in [0.15, 0.2) is 18.5 Å². The average molecular weight is 416 g/mol. The molecule has 2 rings (SSSR count). The fourth-order valence-corrected chi connectivity index (χ4v) is 2.34. The number of carboxylic acids is 1. The van der Waals surface area contributed by atoms with Crippen molar-refractivity contribution < 1.29 is 32.7 Å². The molecule has 3 N–H and O–H groups in total. The lowest BCUT2D eigenvalue weighted by Gasteiger charge is -2.07. The van der Waals surface area contributed by atoms with Crippen molar-refractivity contribution in [2.24, 2.45) is 0 Å². The summed E-state index contributed by atoms with van der Waals surface area (Å²) in [4.78, 5) is 34.6. The highest BCUT2D eigenvalue weighted by Gasteiger charge is 2.35. The molecule has 0 aliphatic heterocycles. The van der Waals surface area contributed by atoms with Crippen molar-refractivity contribution in [1.82, 2.24) is 30.2 Å². The van der Waals surface area contributed by atoms with E-state index in [9.17, 15) is 27.6 Å². The molecule has 0 spiro atoms. The second-order valence-electron chi connectivity index (χ2n) is 5.88. The number of hydrogen-bond donors (Lipinski definition) is 3. The Bertz CT molecular complexity index is 890. The number of halogens is 3. The zero-order valence-electron chi connectivity index (χ0n) is 15.4. The number of rotatable bonds is 9. The van der Waals surface area contributed by atoms with E-state index < -0.39 is 29.7 Å². The number of nitrogens with zero attached hydrogens (tertiary/aromatic N) is 4. The second kappa shape index (κ2) is 9.21. The van der Waals surface area contributed by atoms with Crippen molar-refractivity contribution in [1.29, 1.82) is 0 Å². The molecule has 0 unspecified atom stereocenters. The van der Waals surface area contributed by atoms with Gasteiger partial charge < -0.3 is 15.7 Å². The first-order chi connectivity index (χ1) is 13.6. The van der Waals surface area contributed by atoms with E-state index in [1.54, 1.807) is 6.92 Å². The molecule has 0 bridgehead atoms. The van der Waals surface area contributed by atoms with Crippen LogP contribution in [0, 0.1) is 0 Å². The number of carbonyl (C=O) groups is 3. The summed E-state index contributed by atoms with van der Waals surface area (Å²) in [6.45, 7) is 1.76. The number of aliphatic carboxylic acids is 1. The maximum atomic E-state index is 12.7. The Balaban J connectivity index is 1.83. The van der Waals surface area contributed by atoms with Crippen LogP contribution >= 0.6 is 0 Å². The molecule has 0 aromatic carbocycles. The smallest absolute Gasteiger partial charge is 0.435 e. The monoisotopic (exact) mass is 416 g/mol. The molecule has 0 radical (unpaired) electrons. The van der Waals surface area contributed by atoms with Gasteiger partial charge in [0.2, 0.25) is 0 Å². The molecule has 0 aliphatic carbocycles. The van der Waals surface area contributed by atoms with E-state index in [0.29, 0.717) is 6.07 Å². The molecule has 2 aromatic rings. The summed E-state index contributed by atoms with van der Waals surface area (Å²) in [5.41, 5.74) is -1.18. The molecule has 0 saturated carbocycles. The third-order valence-corrected chi connectivity index (χ3v) is 3.75. The molecule has 158 valence electrons. The molecule has 10 nitrogen and oxygen atoms in total. The molecule has 0 aliphatic rings. The fourth-order valence-electron chi connectivity index (χ4n) is 2.34. The van der Waals surface area contributed by atoms with Gasteiger partial charge in [0.05, 0.1) is 24.7 Å². The molecule has 2 amide bonds. The second-order valence-corrected chi connectivity index (χ2v) is 5.88. The van der Waals surface area contributed by atoms with Crippen LogP contribution in [0.3, 0.4) is 0 Å². The lowest BCUT2D eigenvalue weighted by molar-refractivity contribution is -0.141. The Morgan fingerprint density at radius 1 is 1.17 bits per heavy atom. The van der Waals surface area contributed by atoms with E-state index in [1.807, 2.05) is 0 Å². The van der Waals surface area contributed by atoms with E-state index in [1.165, 1.54) is 17.1 Å². The topological polar surface area (TPSA) is 131 Å². The van der Waals surface area contributed by atoms with Crippen molar-refractivity contribution in [2.45, 2.75) is 32.6 Å². The van der Waals surface area contributed by atoms with Crippen LogP contribution < -0.4 is 10.6 Å². The van der Waals surface area contributed by atoms with Crippen LogP contribution in [0.1, 0.15) is 39.9 Å².